The van der Waals surface area contributed by atoms with Crippen molar-refractivity contribution >= 4 is 11.8 Å². The minimum atomic E-state index is -0.445. The molecule has 0 fully saturated rings. The zero-order valence-corrected chi connectivity index (χ0v) is 16.1. The zero-order valence-electron chi connectivity index (χ0n) is 16.1. The third-order valence-corrected chi connectivity index (χ3v) is 5.12. The first-order valence-corrected chi connectivity index (χ1v) is 9.84. The predicted octanol–water partition coefficient (Wildman–Crippen LogP) is 3.25. The number of aromatic nitrogens is 4. The van der Waals surface area contributed by atoms with Crippen LogP contribution in [0.1, 0.15) is 53.0 Å². The van der Waals surface area contributed by atoms with Gasteiger partial charge in [0.1, 0.15) is 0 Å². The molecule has 0 N–H and O–H groups in total. The number of carbonyl (C=O) groups excluding carboxylic acids is 2. The second kappa shape index (κ2) is 8.77. The van der Waals surface area contributed by atoms with Crippen LogP contribution in [0.3, 0.4) is 0 Å². The molecule has 3 aromatic rings. The number of rotatable bonds is 7. The fraction of sp³-hybridized carbons (Fsp3) is 0.318. The molecule has 0 amide bonds. The molecule has 0 atom stereocenters. The predicted molar refractivity (Wildman–Crippen MR) is 106 cm³/mol. The summed E-state index contributed by atoms with van der Waals surface area (Å²) in [5, 5.41) is 11.5. The lowest BCUT2D eigenvalue weighted by molar-refractivity contribution is -0.145. The molecule has 148 valence electrons. The summed E-state index contributed by atoms with van der Waals surface area (Å²) in [5.74, 6) is -0.0612. The average molecular weight is 390 g/mol. The van der Waals surface area contributed by atoms with Crippen molar-refractivity contribution in [2.45, 2.75) is 45.1 Å². The highest BCUT2D eigenvalue weighted by Crippen LogP contribution is 2.23. The van der Waals surface area contributed by atoms with Crippen LogP contribution in [0.25, 0.3) is 5.69 Å². The molecule has 0 saturated carbocycles. The number of para-hydroxylation sites is 1. The lowest BCUT2D eigenvalue weighted by Gasteiger charge is -2.16. The van der Waals surface area contributed by atoms with Crippen molar-refractivity contribution in [1.29, 1.82) is 0 Å². The number of esters is 1. The molecule has 1 aromatic heterocycles. The summed E-state index contributed by atoms with van der Waals surface area (Å²) in [7, 11) is 0. The van der Waals surface area contributed by atoms with Gasteiger partial charge in [-0.05, 0) is 65.4 Å². The summed E-state index contributed by atoms with van der Waals surface area (Å²) in [5.41, 5.74) is 4.05. The normalized spacial score (nSPS) is 13.0. The number of ether oxygens (including phenoxy) is 1. The molecule has 7 nitrogen and oxygen atoms in total. The summed E-state index contributed by atoms with van der Waals surface area (Å²) in [4.78, 5) is 24.6. The van der Waals surface area contributed by atoms with Gasteiger partial charge in [0.25, 0.3) is 0 Å². The van der Waals surface area contributed by atoms with Gasteiger partial charge in [-0.25, -0.2) is 0 Å². The van der Waals surface area contributed by atoms with Crippen LogP contribution in [0.2, 0.25) is 0 Å². The van der Waals surface area contributed by atoms with Gasteiger partial charge in [0.2, 0.25) is 0 Å². The smallest absolute Gasteiger partial charge is 0.306 e. The number of ketones is 1. The van der Waals surface area contributed by atoms with Crippen LogP contribution in [0.5, 0.6) is 0 Å². The first kappa shape index (κ1) is 19.0. The van der Waals surface area contributed by atoms with E-state index in [1.807, 2.05) is 48.5 Å². The van der Waals surface area contributed by atoms with Crippen molar-refractivity contribution < 1.29 is 14.3 Å². The van der Waals surface area contributed by atoms with E-state index in [1.165, 1.54) is 28.7 Å². The van der Waals surface area contributed by atoms with Crippen molar-refractivity contribution in [3.8, 4) is 5.69 Å². The highest BCUT2D eigenvalue weighted by molar-refractivity contribution is 5.97. The standard InChI is InChI=1S/C22H22N4O3/c27-20(18-11-10-16-6-4-5-7-17(16)14-18)12-13-22(28)29-15-21-23-24-25-26(21)19-8-2-1-3-9-19/h1-3,8-11,14H,4-7,12-13,15H2. The molecule has 1 aliphatic rings. The quantitative estimate of drug-likeness (QED) is 0.455. The summed E-state index contributed by atoms with van der Waals surface area (Å²) >= 11 is 0. The highest BCUT2D eigenvalue weighted by Gasteiger charge is 2.16. The van der Waals surface area contributed by atoms with Crippen LogP contribution in [0.15, 0.2) is 48.5 Å². The summed E-state index contributed by atoms with van der Waals surface area (Å²) in [6.07, 6.45) is 4.64. The molecule has 29 heavy (non-hydrogen) atoms. The van der Waals surface area contributed by atoms with Crippen molar-refractivity contribution in [1.82, 2.24) is 20.2 Å². The first-order chi connectivity index (χ1) is 14.2. The molecule has 0 radical (unpaired) electrons. The average Bonchev–Trinajstić information content (AvgIpc) is 3.25. The van der Waals surface area contributed by atoms with Gasteiger partial charge in [0.15, 0.2) is 18.2 Å². The number of fused-ring (bicyclic) bond motifs is 1. The van der Waals surface area contributed by atoms with Gasteiger partial charge >= 0.3 is 5.97 Å². The molecule has 0 unspecified atom stereocenters. The number of hydrogen-bond donors (Lipinski definition) is 0. The van der Waals surface area contributed by atoms with Gasteiger partial charge in [-0.2, -0.15) is 4.68 Å². The van der Waals surface area contributed by atoms with Crippen LogP contribution in [0.4, 0.5) is 0 Å². The van der Waals surface area contributed by atoms with Crippen LogP contribution in [-0.4, -0.2) is 32.0 Å². The Morgan fingerprint density at radius 1 is 0.966 bits per heavy atom. The largest absolute Gasteiger partial charge is 0.457 e. The Labute approximate surface area is 168 Å². The van der Waals surface area contributed by atoms with E-state index in [9.17, 15) is 9.59 Å². The van der Waals surface area contributed by atoms with Crippen molar-refractivity contribution in [2.24, 2.45) is 0 Å². The molecule has 7 heteroatoms. The van der Waals surface area contributed by atoms with E-state index in [0.717, 1.165) is 18.5 Å². The van der Waals surface area contributed by atoms with E-state index in [1.54, 1.807) is 0 Å². The Balaban J connectivity index is 1.30. The minimum Gasteiger partial charge on any atom is -0.457 e. The van der Waals surface area contributed by atoms with Gasteiger partial charge in [-0.3, -0.25) is 9.59 Å². The molecular weight excluding hydrogens is 368 g/mol. The summed E-state index contributed by atoms with van der Waals surface area (Å²) in [6, 6.07) is 15.3. The van der Waals surface area contributed by atoms with E-state index < -0.39 is 5.97 Å². The van der Waals surface area contributed by atoms with Crippen molar-refractivity contribution in [2.75, 3.05) is 0 Å². The Kier molecular flexibility index (Phi) is 5.74. The number of tetrazole rings is 1. The maximum Gasteiger partial charge on any atom is 0.306 e. The molecule has 0 saturated heterocycles. The topological polar surface area (TPSA) is 87.0 Å². The van der Waals surface area contributed by atoms with Crippen molar-refractivity contribution in [3.63, 3.8) is 0 Å². The maximum absolute atomic E-state index is 12.5. The second-order valence-electron chi connectivity index (χ2n) is 7.12. The number of carbonyl (C=O) groups is 2. The minimum absolute atomic E-state index is 0.0306. The number of aryl methyl sites for hydroxylation is 2. The molecule has 0 aliphatic heterocycles. The summed E-state index contributed by atoms with van der Waals surface area (Å²) in [6.45, 7) is -0.0479. The van der Waals surface area contributed by atoms with Crippen molar-refractivity contribution in [3.05, 3.63) is 71.0 Å². The SMILES string of the molecule is O=C(CCC(=O)c1ccc2c(c1)CCCC2)OCc1nnnn1-c1ccccc1. The Bertz CT molecular complexity index is 1010. The third kappa shape index (κ3) is 4.56. The highest BCUT2D eigenvalue weighted by atomic mass is 16.5. The van der Waals surface area contributed by atoms with Gasteiger partial charge in [-0.15, -0.1) is 5.10 Å². The summed E-state index contributed by atoms with van der Waals surface area (Å²) < 4.78 is 6.79. The molecule has 2 aromatic carbocycles. The zero-order chi connectivity index (χ0) is 20.1. The number of nitrogens with zero attached hydrogens (tertiary/aromatic N) is 4. The van der Waals surface area contributed by atoms with E-state index in [4.69, 9.17) is 4.74 Å². The lowest BCUT2D eigenvalue weighted by atomic mass is 9.89. The Morgan fingerprint density at radius 2 is 1.76 bits per heavy atom. The van der Waals surface area contributed by atoms with Gasteiger partial charge in [-0.1, -0.05) is 30.3 Å². The molecule has 1 heterocycles. The first-order valence-electron chi connectivity index (χ1n) is 9.84. The number of benzene rings is 2. The Morgan fingerprint density at radius 3 is 2.59 bits per heavy atom. The van der Waals surface area contributed by atoms with E-state index in [0.29, 0.717) is 11.4 Å². The fourth-order valence-electron chi connectivity index (χ4n) is 3.55. The van der Waals surface area contributed by atoms with Crippen LogP contribution in [0, 0.1) is 0 Å². The van der Waals surface area contributed by atoms with Gasteiger partial charge < -0.3 is 4.74 Å². The van der Waals surface area contributed by atoms with E-state index in [-0.39, 0.29) is 25.2 Å². The molecule has 1 aliphatic carbocycles. The van der Waals surface area contributed by atoms with E-state index >= 15 is 0 Å². The van der Waals surface area contributed by atoms with Crippen LogP contribution < -0.4 is 0 Å². The monoisotopic (exact) mass is 390 g/mol. The lowest BCUT2D eigenvalue weighted by Crippen LogP contribution is -2.12. The molecule has 0 bridgehead atoms. The molecular formula is C22H22N4O3. The molecule has 0 spiro atoms. The van der Waals surface area contributed by atoms with E-state index in [2.05, 4.69) is 15.5 Å². The van der Waals surface area contributed by atoms with Gasteiger partial charge in [0, 0.05) is 12.0 Å². The maximum atomic E-state index is 12.5. The van der Waals surface area contributed by atoms with Gasteiger partial charge in [0.05, 0.1) is 12.1 Å². The third-order valence-electron chi connectivity index (χ3n) is 5.12. The number of hydrogen-bond acceptors (Lipinski definition) is 6. The Hall–Kier alpha value is -3.35. The number of Topliss-reactive ketones (excluding diaryl/α,β-unsaturated/α-hetero) is 1. The second-order valence-corrected chi connectivity index (χ2v) is 7.12. The van der Waals surface area contributed by atoms with Crippen LogP contribution in [-0.2, 0) is 29.0 Å². The fourth-order valence-corrected chi connectivity index (χ4v) is 3.55. The molecule has 4 rings (SSSR count). The van der Waals surface area contributed by atoms with Crippen LogP contribution >= 0.6 is 0 Å².